The first-order chi connectivity index (χ1) is 5.54. The van der Waals surface area contributed by atoms with E-state index in [9.17, 15) is 9.59 Å². The van der Waals surface area contributed by atoms with E-state index in [1.807, 2.05) is 0 Å². The van der Waals surface area contributed by atoms with Crippen molar-refractivity contribution in [3.63, 3.8) is 0 Å². The van der Waals surface area contributed by atoms with E-state index >= 15 is 0 Å². The molecule has 1 saturated heterocycles. The van der Waals surface area contributed by atoms with Crippen molar-refractivity contribution >= 4 is 29.0 Å². The third-order valence-corrected chi connectivity index (χ3v) is 2.28. The van der Waals surface area contributed by atoms with Crippen molar-refractivity contribution in [2.75, 3.05) is 6.54 Å². The van der Waals surface area contributed by atoms with E-state index in [2.05, 4.69) is 0 Å². The van der Waals surface area contributed by atoms with E-state index in [4.69, 9.17) is 17.3 Å². The van der Waals surface area contributed by atoms with E-state index in [0.29, 0.717) is 17.8 Å². The molecule has 1 amide bonds. The molecular weight excluding hydrogens is 178 g/mol. The Balaban J connectivity index is 2.84. The summed E-state index contributed by atoms with van der Waals surface area (Å²) in [4.78, 5) is 23.3. The van der Waals surface area contributed by atoms with Gasteiger partial charge < -0.3 is 10.0 Å². The minimum atomic E-state index is -1.03. The minimum absolute atomic E-state index is 0.234. The van der Waals surface area contributed by atoms with Gasteiger partial charge in [0.25, 0.3) is 0 Å². The molecule has 66 valence electrons. The molecule has 0 saturated carbocycles. The van der Waals surface area contributed by atoms with Crippen LogP contribution in [-0.2, 0) is 9.59 Å². The maximum atomic E-state index is 10.9. The molecule has 0 aromatic rings. The Morgan fingerprint density at radius 2 is 2.25 bits per heavy atom. The molecule has 1 N–H and O–H groups in total. The van der Waals surface area contributed by atoms with E-state index in [1.165, 1.54) is 11.8 Å². The monoisotopic (exact) mass is 187 g/mol. The van der Waals surface area contributed by atoms with Gasteiger partial charge >= 0.3 is 5.97 Å². The molecule has 12 heavy (non-hydrogen) atoms. The average molecular weight is 187 g/mol. The summed E-state index contributed by atoms with van der Waals surface area (Å²) < 4.78 is 0. The first kappa shape index (κ1) is 9.12. The normalized spacial score (nSPS) is 22.9. The van der Waals surface area contributed by atoms with Crippen molar-refractivity contribution in [3.05, 3.63) is 0 Å². The molecule has 0 aromatic heterocycles. The molecule has 0 radical (unpaired) electrons. The summed E-state index contributed by atoms with van der Waals surface area (Å²) in [5.74, 6) is -1.27. The van der Waals surface area contributed by atoms with Gasteiger partial charge in [-0.05, 0) is 6.42 Å². The fourth-order valence-electron chi connectivity index (χ4n) is 1.28. The Kier molecular flexibility index (Phi) is 2.42. The summed E-state index contributed by atoms with van der Waals surface area (Å²) in [6, 6.07) is -0.877. The molecular formula is C7H9NO3S. The van der Waals surface area contributed by atoms with Crippen LogP contribution in [-0.4, -0.2) is 39.3 Å². The molecule has 0 bridgehead atoms. The highest BCUT2D eigenvalue weighted by molar-refractivity contribution is 7.80. The third-order valence-electron chi connectivity index (χ3n) is 1.85. The van der Waals surface area contributed by atoms with Gasteiger partial charge in [0.15, 0.2) is 6.04 Å². The lowest BCUT2D eigenvalue weighted by Crippen LogP contribution is -2.41. The number of carbonyl (C=O) groups is 2. The Labute approximate surface area is 75.2 Å². The Hall–Kier alpha value is -0.970. The zero-order chi connectivity index (χ0) is 9.30. The number of likely N-dealkylation sites (tertiary alicyclic amines) is 1. The zero-order valence-electron chi connectivity index (χ0n) is 6.61. The topological polar surface area (TPSA) is 57.6 Å². The molecule has 1 atom stereocenters. The minimum Gasteiger partial charge on any atom is -0.479 e. The van der Waals surface area contributed by atoms with Gasteiger partial charge in [-0.1, -0.05) is 12.2 Å². The number of thiocarbonyl (C=S) groups is 1. The lowest BCUT2D eigenvalue weighted by Gasteiger charge is -2.18. The number of carboxylic acids is 1. The Morgan fingerprint density at radius 3 is 2.58 bits per heavy atom. The second kappa shape index (κ2) is 3.18. The largest absolute Gasteiger partial charge is 0.479 e. The fraction of sp³-hybridized carbons (Fsp3) is 0.571. The molecule has 5 heteroatoms. The van der Waals surface area contributed by atoms with Gasteiger partial charge in [-0.15, -0.1) is 0 Å². The SMILES string of the molecule is CC(=O)N1CCC(=S)C1C(=O)O. The number of nitrogens with zero attached hydrogens (tertiary/aromatic N) is 1. The first-order valence-electron chi connectivity index (χ1n) is 3.56. The molecule has 0 spiro atoms. The van der Waals surface area contributed by atoms with Crippen molar-refractivity contribution in [1.82, 2.24) is 4.90 Å². The number of carboxylic acid groups (broad SMARTS) is 1. The van der Waals surface area contributed by atoms with Crippen LogP contribution in [0.3, 0.4) is 0 Å². The van der Waals surface area contributed by atoms with Crippen molar-refractivity contribution in [1.29, 1.82) is 0 Å². The summed E-state index contributed by atoms with van der Waals surface area (Å²) in [6.45, 7) is 1.79. The van der Waals surface area contributed by atoms with Crippen LogP contribution in [0.4, 0.5) is 0 Å². The van der Waals surface area contributed by atoms with Crippen LogP contribution in [0.2, 0.25) is 0 Å². The summed E-state index contributed by atoms with van der Waals surface area (Å²) >= 11 is 4.84. The van der Waals surface area contributed by atoms with Gasteiger partial charge in [-0.2, -0.15) is 0 Å². The highest BCUT2D eigenvalue weighted by Gasteiger charge is 2.36. The number of amides is 1. The van der Waals surface area contributed by atoms with Gasteiger partial charge in [0.2, 0.25) is 5.91 Å². The summed E-state index contributed by atoms with van der Waals surface area (Å²) in [5, 5.41) is 8.72. The van der Waals surface area contributed by atoms with Crippen LogP contribution in [0.5, 0.6) is 0 Å². The average Bonchev–Trinajstić information content (AvgIpc) is 2.30. The van der Waals surface area contributed by atoms with Crippen LogP contribution in [0.1, 0.15) is 13.3 Å². The second-order valence-electron chi connectivity index (χ2n) is 2.67. The van der Waals surface area contributed by atoms with Crippen LogP contribution in [0.15, 0.2) is 0 Å². The van der Waals surface area contributed by atoms with Crippen LogP contribution < -0.4 is 0 Å². The van der Waals surface area contributed by atoms with Crippen LogP contribution in [0.25, 0.3) is 0 Å². The van der Waals surface area contributed by atoms with E-state index in [0.717, 1.165) is 0 Å². The van der Waals surface area contributed by atoms with Gasteiger partial charge in [-0.3, -0.25) is 4.79 Å². The van der Waals surface area contributed by atoms with E-state index < -0.39 is 12.0 Å². The lowest BCUT2D eigenvalue weighted by molar-refractivity contribution is -0.145. The molecule has 1 aliphatic rings. The Morgan fingerprint density at radius 1 is 1.67 bits per heavy atom. The van der Waals surface area contributed by atoms with Gasteiger partial charge in [0.1, 0.15) is 0 Å². The highest BCUT2D eigenvalue weighted by Crippen LogP contribution is 2.15. The number of carbonyl (C=O) groups excluding carboxylic acids is 1. The standard InChI is InChI=1S/C7H9NO3S/c1-4(9)8-3-2-5(12)6(8)7(10)11/h6H,2-3H2,1H3,(H,10,11). The molecule has 1 rings (SSSR count). The first-order valence-corrected chi connectivity index (χ1v) is 3.97. The maximum Gasteiger partial charge on any atom is 0.331 e. The third kappa shape index (κ3) is 1.45. The maximum absolute atomic E-state index is 10.9. The van der Waals surface area contributed by atoms with Crippen LogP contribution in [0, 0.1) is 0 Å². The highest BCUT2D eigenvalue weighted by atomic mass is 32.1. The van der Waals surface area contributed by atoms with E-state index in [-0.39, 0.29) is 5.91 Å². The van der Waals surface area contributed by atoms with Crippen molar-refractivity contribution in [2.24, 2.45) is 0 Å². The molecule has 1 heterocycles. The second-order valence-corrected chi connectivity index (χ2v) is 3.19. The van der Waals surface area contributed by atoms with Gasteiger partial charge in [-0.25, -0.2) is 4.79 Å². The number of rotatable bonds is 1. The molecule has 1 fully saturated rings. The molecule has 1 unspecified atom stereocenters. The summed E-state index contributed by atoms with van der Waals surface area (Å²) in [5.41, 5.74) is 0. The quantitative estimate of drug-likeness (QED) is 0.590. The number of aliphatic carboxylic acids is 1. The van der Waals surface area contributed by atoms with Crippen LogP contribution >= 0.6 is 12.2 Å². The number of hydrogen-bond donors (Lipinski definition) is 1. The smallest absolute Gasteiger partial charge is 0.331 e. The zero-order valence-corrected chi connectivity index (χ0v) is 7.43. The van der Waals surface area contributed by atoms with Gasteiger partial charge in [0.05, 0.1) is 0 Å². The van der Waals surface area contributed by atoms with Crippen molar-refractivity contribution < 1.29 is 14.7 Å². The molecule has 1 aliphatic heterocycles. The van der Waals surface area contributed by atoms with E-state index in [1.54, 1.807) is 0 Å². The molecule has 4 nitrogen and oxygen atoms in total. The summed E-state index contributed by atoms with van der Waals surface area (Å²) in [6.07, 6.45) is 0.520. The van der Waals surface area contributed by atoms with Crippen molar-refractivity contribution in [3.8, 4) is 0 Å². The molecule has 0 aliphatic carbocycles. The Bertz CT molecular complexity index is 251. The van der Waals surface area contributed by atoms with Gasteiger partial charge in [0, 0.05) is 18.3 Å². The fourth-order valence-corrected chi connectivity index (χ4v) is 1.60. The predicted octanol–water partition coefficient (Wildman–Crippen LogP) is 0.0617. The molecule has 0 aromatic carbocycles. The lowest BCUT2D eigenvalue weighted by atomic mass is 10.2. The number of hydrogen-bond acceptors (Lipinski definition) is 3. The van der Waals surface area contributed by atoms with Crippen molar-refractivity contribution in [2.45, 2.75) is 19.4 Å². The predicted molar refractivity (Wildman–Crippen MR) is 46.0 cm³/mol. The summed E-state index contributed by atoms with van der Waals surface area (Å²) in [7, 11) is 0.